The number of rotatable bonds is 4. The maximum Gasteiger partial charge on any atom is 0.320 e. The van der Waals surface area contributed by atoms with Crippen molar-refractivity contribution in [2.45, 2.75) is 19.5 Å². The largest absolute Gasteiger partial charge is 0.480 e. The van der Waals surface area contributed by atoms with Gasteiger partial charge in [-0.15, -0.1) is 11.3 Å². The minimum atomic E-state index is -0.816. The highest BCUT2D eigenvalue weighted by Crippen LogP contribution is 2.13. The van der Waals surface area contributed by atoms with Gasteiger partial charge in [0.05, 0.1) is 5.69 Å². The van der Waals surface area contributed by atoms with Crippen LogP contribution >= 0.6 is 11.3 Å². The van der Waals surface area contributed by atoms with Crippen LogP contribution < -0.4 is 0 Å². The molecule has 0 fully saturated rings. The van der Waals surface area contributed by atoms with Crippen LogP contribution in [0.2, 0.25) is 0 Å². The van der Waals surface area contributed by atoms with E-state index in [1.807, 2.05) is 22.2 Å². The van der Waals surface area contributed by atoms with Crippen molar-refractivity contribution >= 4 is 22.3 Å². The summed E-state index contributed by atoms with van der Waals surface area (Å²) < 4.78 is 1.94. The van der Waals surface area contributed by atoms with E-state index in [-0.39, 0.29) is 0 Å². The van der Waals surface area contributed by atoms with Crippen molar-refractivity contribution in [3.05, 3.63) is 23.5 Å². The van der Waals surface area contributed by atoms with Crippen molar-refractivity contribution in [2.24, 2.45) is 0 Å². The van der Waals surface area contributed by atoms with E-state index in [0.717, 1.165) is 10.7 Å². The minimum absolute atomic E-state index is 0.500. The molecule has 0 spiro atoms. The van der Waals surface area contributed by atoms with Gasteiger partial charge in [0.25, 0.3) is 0 Å². The van der Waals surface area contributed by atoms with Gasteiger partial charge in [-0.25, -0.2) is 4.98 Å². The van der Waals surface area contributed by atoms with Gasteiger partial charge in [0.1, 0.15) is 6.04 Å². The molecule has 2 aromatic rings. The Labute approximate surface area is 96.9 Å². The summed E-state index contributed by atoms with van der Waals surface area (Å²) in [6, 6.07) is -0.500. The maximum absolute atomic E-state index is 10.8. The number of aromatic nitrogens is 2. The van der Waals surface area contributed by atoms with Gasteiger partial charge in [0.15, 0.2) is 4.96 Å². The molecule has 0 bridgehead atoms. The van der Waals surface area contributed by atoms with Crippen LogP contribution in [0.25, 0.3) is 4.96 Å². The van der Waals surface area contributed by atoms with Crippen molar-refractivity contribution in [3.8, 4) is 0 Å². The van der Waals surface area contributed by atoms with Gasteiger partial charge in [-0.1, -0.05) is 0 Å². The van der Waals surface area contributed by atoms with Crippen molar-refractivity contribution < 1.29 is 9.90 Å². The molecule has 0 saturated heterocycles. The van der Waals surface area contributed by atoms with E-state index in [9.17, 15) is 4.79 Å². The van der Waals surface area contributed by atoms with Crippen molar-refractivity contribution in [1.29, 1.82) is 0 Å². The first-order chi connectivity index (χ1) is 7.58. The number of imidazole rings is 1. The molecule has 5 nitrogen and oxygen atoms in total. The lowest BCUT2D eigenvalue weighted by molar-refractivity contribution is -0.142. The molecule has 1 N–H and O–H groups in total. The maximum atomic E-state index is 10.8. The van der Waals surface area contributed by atoms with Gasteiger partial charge < -0.3 is 5.11 Å². The average molecular weight is 239 g/mol. The molecule has 0 amide bonds. The number of fused-ring (bicyclic) bond motifs is 1. The number of carbonyl (C=O) groups is 1. The lowest BCUT2D eigenvalue weighted by atomic mass is 10.3. The minimum Gasteiger partial charge on any atom is -0.480 e. The Morgan fingerprint density at radius 2 is 2.50 bits per heavy atom. The number of hydrogen-bond donors (Lipinski definition) is 1. The molecule has 0 aliphatic heterocycles. The zero-order valence-corrected chi connectivity index (χ0v) is 9.94. The molecule has 0 saturated carbocycles. The van der Waals surface area contributed by atoms with Crippen LogP contribution in [0, 0.1) is 0 Å². The summed E-state index contributed by atoms with van der Waals surface area (Å²) in [5, 5.41) is 10.8. The fraction of sp³-hybridized carbons (Fsp3) is 0.400. The van der Waals surface area contributed by atoms with Crippen LogP contribution in [-0.2, 0) is 11.3 Å². The summed E-state index contributed by atoms with van der Waals surface area (Å²) in [5.41, 5.74) is 0.891. The van der Waals surface area contributed by atoms with E-state index < -0.39 is 12.0 Å². The van der Waals surface area contributed by atoms with Gasteiger partial charge in [0.2, 0.25) is 0 Å². The Balaban J connectivity index is 2.10. The number of hydrogen-bond acceptors (Lipinski definition) is 4. The highest BCUT2D eigenvalue weighted by Gasteiger charge is 2.17. The zero-order chi connectivity index (χ0) is 11.7. The summed E-state index contributed by atoms with van der Waals surface area (Å²) >= 11 is 1.57. The van der Waals surface area contributed by atoms with Crippen LogP contribution in [0.15, 0.2) is 17.8 Å². The Morgan fingerprint density at radius 1 is 1.75 bits per heavy atom. The Hall–Kier alpha value is -1.40. The molecule has 16 heavy (non-hydrogen) atoms. The van der Waals surface area contributed by atoms with Crippen LogP contribution in [0.3, 0.4) is 0 Å². The number of thiazole rings is 1. The molecular weight excluding hydrogens is 226 g/mol. The van der Waals surface area contributed by atoms with Crippen LogP contribution in [0.4, 0.5) is 0 Å². The Bertz CT molecular complexity index is 476. The SMILES string of the molecule is CC(C(=O)O)N(C)Cc1cn2ccsc2n1. The molecule has 2 rings (SSSR count). The molecule has 6 heteroatoms. The van der Waals surface area contributed by atoms with Crippen LogP contribution in [0.5, 0.6) is 0 Å². The summed E-state index contributed by atoms with van der Waals surface area (Å²) in [4.78, 5) is 17.9. The lowest BCUT2D eigenvalue weighted by Gasteiger charge is -2.19. The molecule has 0 aliphatic carbocycles. The van der Waals surface area contributed by atoms with Crippen molar-refractivity contribution in [1.82, 2.24) is 14.3 Å². The molecule has 0 radical (unpaired) electrons. The van der Waals surface area contributed by atoms with Crippen molar-refractivity contribution in [3.63, 3.8) is 0 Å². The van der Waals surface area contributed by atoms with Crippen LogP contribution in [-0.4, -0.2) is 38.4 Å². The number of nitrogens with zero attached hydrogens (tertiary/aromatic N) is 3. The second-order valence-electron chi connectivity index (χ2n) is 3.75. The second-order valence-corrected chi connectivity index (χ2v) is 4.63. The van der Waals surface area contributed by atoms with E-state index in [1.165, 1.54) is 0 Å². The van der Waals surface area contributed by atoms with Crippen LogP contribution in [0.1, 0.15) is 12.6 Å². The predicted octanol–water partition coefficient (Wildman–Crippen LogP) is 1.30. The monoisotopic (exact) mass is 239 g/mol. The van der Waals surface area contributed by atoms with Gasteiger partial charge in [-0.05, 0) is 14.0 Å². The standard InChI is InChI=1S/C10H13N3O2S/c1-7(9(14)15)12(2)5-8-6-13-3-4-16-10(13)11-8/h3-4,6-7H,5H2,1-2H3,(H,14,15). The molecular formula is C10H13N3O2S. The lowest BCUT2D eigenvalue weighted by Crippen LogP contribution is -2.35. The summed E-state index contributed by atoms with van der Waals surface area (Å²) in [7, 11) is 1.78. The third-order valence-corrected chi connectivity index (χ3v) is 3.34. The Morgan fingerprint density at radius 3 is 3.12 bits per heavy atom. The molecule has 0 aliphatic rings. The number of carboxylic acid groups (broad SMARTS) is 1. The van der Waals surface area contributed by atoms with E-state index in [1.54, 1.807) is 30.2 Å². The van der Waals surface area contributed by atoms with E-state index in [2.05, 4.69) is 4.98 Å². The number of likely N-dealkylation sites (N-methyl/N-ethyl adjacent to an activating group) is 1. The number of carboxylic acids is 1. The highest BCUT2D eigenvalue weighted by atomic mass is 32.1. The molecule has 2 aromatic heterocycles. The smallest absolute Gasteiger partial charge is 0.320 e. The quantitative estimate of drug-likeness (QED) is 0.873. The third-order valence-electron chi connectivity index (χ3n) is 2.57. The molecule has 2 heterocycles. The summed E-state index contributed by atoms with van der Waals surface area (Å²) in [5.74, 6) is -0.816. The predicted molar refractivity (Wildman–Crippen MR) is 61.6 cm³/mol. The van der Waals surface area contributed by atoms with E-state index in [0.29, 0.717) is 6.54 Å². The van der Waals surface area contributed by atoms with Gasteiger partial charge >= 0.3 is 5.97 Å². The van der Waals surface area contributed by atoms with E-state index in [4.69, 9.17) is 5.11 Å². The summed E-state index contributed by atoms with van der Waals surface area (Å²) in [6.45, 7) is 2.21. The molecule has 1 atom stereocenters. The summed E-state index contributed by atoms with van der Waals surface area (Å²) in [6.07, 6.45) is 3.87. The first-order valence-corrected chi connectivity index (χ1v) is 5.80. The second kappa shape index (κ2) is 4.23. The van der Waals surface area contributed by atoms with E-state index >= 15 is 0 Å². The van der Waals surface area contributed by atoms with Gasteiger partial charge in [-0.3, -0.25) is 14.1 Å². The third kappa shape index (κ3) is 2.07. The van der Waals surface area contributed by atoms with Crippen molar-refractivity contribution in [2.75, 3.05) is 7.05 Å². The van der Waals surface area contributed by atoms with Gasteiger partial charge in [-0.2, -0.15) is 0 Å². The molecule has 0 aromatic carbocycles. The Kier molecular flexibility index (Phi) is 2.93. The fourth-order valence-electron chi connectivity index (χ4n) is 1.43. The average Bonchev–Trinajstić information content (AvgIpc) is 2.76. The number of aliphatic carboxylic acids is 1. The normalized spacial score (nSPS) is 13.4. The highest BCUT2D eigenvalue weighted by molar-refractivity contribution is 7.15. The molecule has 1 unspecified atom stereocenters. The first-order valence-electron chi connectivity index (χ1n) is 4.92. The fourth-order valence-corrected chi connectivity index (χ4v) is 2.15. The molecule has 86 valence electrons. The van der Waals surface area contributed by atoms with Gasteiger partial charge in [0, 0.05) is 24.3 Å². The topological polar surface area (TPSA) is 57.8 Å². The zero-order valence-electron chi connectivity index (χ0n) is 9.12. The first kappa shape index (κ1) is 11.1.